The first-order valence-corrected chi connectivity index (χ1v) is 11.5. The maximum atomic E-state index is 13.2. The lowest BCUT2D eigenvalue weighted by molar-refractivity contribution is 0.103. The number of rotatable bonds is 6. The van der Waals surface area contributed by atoms with Gasteiger partial charge in [-0.1, -0.05) is 48.0 Å². The van der Waals surface area contributed by atoms with E-state index < -0.39 is 10.0 Å². The minimum absolute atomic E-state index is 0.322. The third-order valence-electron chi connectivity index (χ3n) is 5.63. The highest BCUT2D eigenvalue weighted by Gasteiger charge is 2.32. The summed E-state index contributed by atoms with van der Waals surface area (Å²) in [5, 5.41) is 4.61. The lowest BCUT2D eigenvalue weighted by atomic mass is 10.1. The summed E-state index contributed by atoms with van der Waals surface area (Å²) >= 11 is 0. The molecule has 2 aromatic carbocycles. The first-order valence-electron chi connectivity index (χ1n) is 10.1. The van der Waals surface area contributed by atoms with Gasteiger partial charge in [0.2, 0.25) is 10.0 Å². The van der Waals surface area contributed by atoms with Crippen molar-refractivity contribution in [2.75, 3.05) is 6.54 Å². The van der Waals surface area contributed by atoms with Gasteiger partial charge in [0.1, 0.15) is 0 Å². The van der Waals surface area contributed by atoms with Gasteiger partial charge in [-0.15, -0.1) is 0 Å². The van der Waals surface area contributed by atoms with Gasteiger partial charge >= 0.3 is 0 Å². The number of aryl methyl sites for hydroxylation is 3. The quantitative estimate of drug-likeness (QED) is 0.606. The lowest BCUT2D eigenvalue weighted by Gasteiger charge is -2.27. The predicted octanol–water partition coefficient (Wildman–Crippen LogP) is 3.50. The number of benzene rings is 2. The van der Waals surface area contributed by atoms with Crippen LogP contribution in [-0.2, 0) is 48.0 Å². The molecule has 30 heavy (non-hydrogen) atoms. The molecule has 0 saturated heterocycles. The van der Waals surface area contributed by atoms with Gasteiger partial charge in [0.15, 0.2) is 0 Å². The molecule has 1 aromatic heterocycles. The Morgan fingerprint density at radius 3 is 2.50 bits per heavy atom. The molecule has 0 bridgehead atoms. The molecule has 0 spiro atoms. The summed E-state index contributed by atoms with van der Waals surface area (Å²) in [5.74, 6) is 0. The van der Waals surface area contributed by atoms with Gasteiger partial charge in [0.25, 0.3) is 0 Å². The minimum Gasteiger partial charge on any atom is -0.370 e. The molecule has 0 fully saturated rings. The SMILES string of the molecule is Cc1ccc(COCc2nn(C)c3c2CN(S(=O)(=O)c2ccccc2C)CC3)cc1. The Hall–Kier alpha value is -2.48. The van der Waals surface area contributed by atoms with Crippen molar-refractivity contribution in [3.63, 3.8) is 0 Å². The van der Waals surface area contributed by atoms with Crippen LogP contribution < -0.4 is 0 Å². The zero-order valence-electron chi connectivity index (χ0n) is 17.6. The summed E-state index contributed by atoms with van der Waals surface area (Å²) in [7, 11) is -1.64. The maximum absolute atomic E-state index is 13.2. The Balaban J connectivity index is 1.51. The Morgan fingerprint density at radius 1 is 1.03 bits per heavy atom. The molecule has 6 nitrogen and oxygen atoms in total. The predicted molar refractivity (Wildman–Crippen MR) is 115 cm³/mol. The third-order valence-corrected chi connectivity index (χ3v) is 7.64. The number of hydrogen-bond donors (Lipinski definition) is 0. The Bertz CT molecular complexity index is 1150. The Morgan fingerprint density at radius 2 is 1.77 bits per heavy atom. The van der Waals surface area contributed by atoms with Crippen LogP contribution in [0.4, 0.5) is 0 Å². The molecule has 0 unspecified atom stereocenters. The molecule has 1 aliphatic rings. The molecule has 0 radical (unpaired) electrons. The number of hydrogen-bond acceptors (Lipinski definition) is 4. The van der Waals surface area contributed by atoms with E-state index in [0.29, 0.717) is 37.6 Å². The van der Waals surface area contributed by atoms with Gasteiger partial charge in [-0.05, 0) is 31.0 Å². The van der Waals surface area contributed by atoms with Gasteiger partial charge in [0.05, 0.1) is 23.8 Å². The van der Waals surface area contributed by atoms with Crippen LogP contribution in [0, 0.1) is 13.8 Å². The zero-order chi connectivity index (χ0) is 21.3. The van der Waals surface area contributed by atoms with Crippen molar-refractivity contribution in [3.05, 3.63) is 82.2 Å². The van der Waals surface area contributed by atoms with Crippen molar-refractivity contribution in [1.29, 1.82) is 0 Å². The summed E-state index contributed by atoms with van der Waals surface area (Å²) in [5.41, 5.74) is 5.94. The smallest absolute Gasteiger partial charge is 0.243 e. The van der Waals surface area contributed by atoms with E-state index in [9.17, 15) is 8.42 Å². The number of fused-ring (bicyclic) bond motifs is 1. The molecule has 0 atom stereocenters. The largest absolute Gasteiger partial charge is 0.370 e. The van der Waals surface area contributed by atoms with E-state index in [4.69, 9.17) is 4.74 Å². The van der Waals surface area contributed by atoms with E-state index in [2.05, 4.69) is 36.3 Å². The number of ether oxygens (including phenoxy) is 1. The van der Waals surface area contributed by atoms with E-state index in [0.717, 1.165) is 28.1 Å². The van der Waals surface area contributed by atoms with Crippen LogP contribution in [0.5, 0.6) is 0 Å². The topological polar surface area (TPSA) is 64.4 Å². The molecule has 3 aromatic rings. The molecule has 0 N–H and O–H groups in total. The first kappa shape index (κ1) is 20.8. The molecule has 0 amide bonds. The minimum atomic E-state index is -3.56. The zero-order valence-corrected chi connectivity index (χ0v) is 18.4. The second-order valence-corrected chi connectivity index (χ2v) is 9.73. The second kappa shape index (κ2) is 8.34. The van der Waals surface area contributed by atoms with Crippen molar-refractivity contribution in [3.8, 4) is 0 Å². The number of sulfonamides is 1. The van der Waals surface area contributed by atoms with E-state index in [1.54, 1.807) is 16.4 Å². The number of nitrogens with zero attached hydrogens (tertiary/aromatic N) is 3. The van der Waals surface area contributed by atoms with E-state index in [1.165, 1.54) is 5.56 Å². The summed E-state index contributed by atoms with van der Waals surface area (Å²) < 4.78 is 35.8. The summed E-state index contributed by atoms with van der Waals surface area (Å²) in [6, 6.07) is 15.4. The fourth-order valence-electron chi connectivity index (χ4n) is 3.90. The van der Waals surface area contributed by atoms with E-state index in [1.807, 2.05) is 30.8 Å². The van der Waals surface area contributed by atoms with Gasteiger partial charge in [-0.3, -0.25) is 4.68 Å². The molecule has 2 heterocycles. The molecule has 1 aliphatic heterocycles. The maximum Gasteiger partial charge on any atom is 0.243 e. The Labute approximate surface area is 178 Å². The highest BCUT2D eigenvalue weighted by atomic mass is 32.2. The highest BCUT2D eigenvalue weighted by Crippen LogP contribution is 2.28. The van der Waals surface area contributed by atoms with E-state index >= 15 is 0 Å². The average molecular weight is 426 g/mol. The molecular formula is C23H27N3O3S. The van der Waals surface area contributed by atoms with Gasteiger partial charge in [-0.2, -0.15) is 9.40 Å². The second-order valence-electron chi connectivity index (χ2n) is 7.83. The lowest BCUT2D eigenvalue weighted by Crippen LogP contribution is -2.36. The molecule has 7 heteroatoms. The number of aromatic nitrogens is 2. The van der Waals surface area contributed by atoms with E-state index in [-0.39, 0.29) is 0 Å². The monoisotopic (exact) mass is 425 g/mol. The van der Waals surface area contributed by atoms with Gasteiger partial charge in [-0.25, -0.2) is 8.42 Å². The first-order chi connectivity index (χ1) is 14.4. The van der Waals surface area contributed by atoms with Crippen LogP contribution in [0.15, 0.2) is 53.4 Å². The van der Waals surface area contributed by atoms with Crippen molar-refractivity contribution in [1.82, 2.24) is 14.1 Å². The molecule has 158 valence electrons. The van der Waals surface area contributed by atoms with Crippen molar-refractivity contribution in [2.45, 2.75) is 44.9 Å². The van der Waals surface area contributed by atoms with Crippen molar-refractivity contribution >= 4 is 10.0 Å². The van der Waals surface area contributed by atoms with Gasteiger partial charge in [0, 0.05) is 37.8 Å². The van der Waals surface area contributed by atoms with Crippen LogP contribution in [0.2, 0.25) is 0 Å². The van der Waals surface area contributed by atoms with Gasteiger partial charge < -0.3 is 4.74 Å². The van der Waals surface area contributed by atoms with Crippen molar-refractivity contribution < 1.29 is 13.2 Å². The van der Waals surface area contributed by atoms with Crippen LogP contribution >= 0.6 is 0 Å². The summed E-state index contributed by atoms with van der Waals surface area (Å²) in [6.07, 6.45) is 0.641. The Kier molecular flexibility index (Phi) is 5.77. The van der Waals surface area contributed by atoms with Crippen LogP contribution in [0.25, 0.3) is 0 Å². The average Bonchev–Trinajstić information content (AvgIpc) is 3.05. The highest BCUT2D eigenvalue weighted by molar-refractivity contribution is 7.89. The summed E-state index contributed by atoms with van der Waals surface area (Å²) in [4.78, 5) is 0.370. The standard InChI is InChI=1S/C23H27N3O3S/c1-17-8-10-19(11-9-17)15-29-16-21-20-14-26(13-12-22(20)25(3)24-21)30(27,28)23-7-5-4-6-18(23)2/h4-11H,12-16H2,1-3H3. The van der Waals surface area contributed by atoms with Crippen LogP contribution in [0.1, 0.15) is 33.6 Å². The van der Waals surface area contributed by atoms with Crippen LogP contribution in [0.3, 0.4) is 0 Å². The normalized spacial score (nSPS) is 14.6. The van der Waals surface area contributed by atoms with Crippen molar-refractivity contribution in [2.24, 2.45) is 7.05 Å². The van der Waals surface area contributed by atoms with Crippen LogP contribution in [-0.4, -0.2) is 29.0 Å². The summed E-state index contributed by atoms with van der Waals surface area (Å²) in [6.45, 7) is 5.51. The molecule has 0 saturated carbocycles. The molecule has 4 rings (SSSR count). The third kappa shape index (κ3) is 4.05. The fourth-order valence-corrected chi connectivity index (χ4v) is 5.54. The molecular weight excluding hydrogens is 398 g/mol. The molecule has 0 aliphatic carbocycles. The fraction of sp³-hybridized carbons (Fsp3) is 0.348.